The molecule has 0 fully saturated rings. The van der Waals surface area contributed by atoms with Gasteiger partial charge in [0.2, 0.25) is 0 Å². The van der Waals surface area contributed by atoms with Crippen LogP contribution in [-0.2, 0) is 6.42 Å². The fourth-order valence-electron chi connectivity index (χ4n) is 4.78. The molecule has 1 nitrogen and oxygen atoms in total. The van der Waals surface area contributed by atoms with Crippen molar-refractivity contribution in [1.82, 2.24) is 4.90 Å². The van der Waals surface area contributed by atoms with E-state index in [0.717, 1.165) is 32.1 Å². The summed E-state index contributed by atoms with van der Waals surface area (Å²) in [5.41, 5.74) is 7.51. The van der Waals surface area contributed by atoms with E-state index in [2.05, 4.69) is 83.8 Å². The van der Waals surface area contributed by atoms with Crippen molar-refractivity contribution in [3.8, 4) is 0 Å². The zero-order chi connectivity index (χ0) is 17.3. The molecule has 26 heavy (non-hydrogen) atoms. The molecule has 0 bridgehead atoms. The number of rotatable bonds is 3. The Labute approximate surface area is 156 Å². The Morgan fingerprint density at radius 1 is 0.962 bits per heavy atom. The number of fused-ring (bicyclic) bond motifs is 3. The minimum Gasteiger partial charge on any atom is -0.338 e. The predicted molar refractivity (Wildman–Crippen MR) is 109 cm³/mol. The molecule has 0 heterocycles. The molecule has 1 aromatic carbocycles. The molecule has 0 aliphatic heterocycles. The van der Waals surface area contributed by atoms with Crippen molar-refractivity contribution in [2.45, 2.75) is 44.1 Å². The number of hydrogen-bond donors (Lipinski definition) is 0. The summed E-state index contributed by atoms with van der Waals surface area (Å²) in [6.45, 7) is 0. The van der Waals surface area contributed by atoms with E-state index in [4.69, 9.17) is 0 Å². The molecule has 130 valence electrons. The van der Waals surface area contributed by atoms with Crippen molar-refractivity contribution in [2.24, 2.45) is 0 Å². The van der Waals surface area contributed by atoms with E-state index in [0.29, 0.717) is 12.0 Å². The average molecular weight is 339 g/mol. The van der Waals surface area contributed by atoms with E-state index < -0.39 is 0 Å². The van der Waals surface area contributed by atoms with Crippen LogP contribution in [0.3, 0.4) is 0 Å². The maximum absolute atomic E-state index is 2.59. The Morgan fingerprint density at radius 3 is 2.77 bits per heavy atom. The monoisotopic (exact) mass is 339 g/mol. The summed E-state index contributed by atoms with van der Waals surface area (Å²) < 4.78 is 0. The molecule has 0 radical (unpaired) electrons. The minimum atomic E-state index is 0.432. The van der Waals surface area contributed by atoms with Crippen LogP contribution in [0.1, 0.15) is 42.7 Å². The first-order valence-electron chi connectivity index (χ1n) is 9.87. The first-order valence-corrected chi connectivity index (χ1v) is 9.87. The molecule has 4 aliphatic carbocycles. The first kappa shape index (κ1) is 15.7. The van der Waals surface area contributed by atoms with E-state index in [9.17, 15) is 0 Å². The zero-order valence-electron chi connectivity index (χ0n) is 15.1. The second-order valence-electron chi connectivity index (χ2n) is 7.62. The van der Waals surface area contributed by atoms with Gasteiger partial charge in [0.15, 0.2) is 0 Å². The van der Waals surface area contributed by atoms with E-state index in [-0.39, 0.29) is 0 Å². The van der Waals surface area contributed by atoms with Crippen LogP contribution < -0.4 is 0 Å². The molecular weight excluding hydrogens is 314 g/mol. The van der Waals surface area contributed by atoms with Gasteiger partial charge in [-0.1, -0.05) is 72.4 Å². The van der Waals surface area contributed by atoms with E-state index in [1.807, 2.05) is 0 Å². The lowest BCUT2D eigenvalue weighted by atomic mass is 9.88. The molecule has 0 N–H and O–H groups in total. The van der Waals surface area contributed by atoms with Crippen molar-refractivity contribution >= 4 is 0 Å². The molecule has 0 spiro atoms. The number of nitrogens with zero attached hydrogens (tertiary/aromatic N) is 1. The standard InChI is InChI=1S/C25H25N/c1-3-10-21(11-4-1)26(22-12-5-2-6-13-22)23-15-16-25-20(18-23)17-19-9-7-8-14-24(19)25/h1-5,7-10,12,14-15,18,21,25H,6,11,13,16-17H2. The van der Waals surface area contributed by atoms with Crippen LogP contribution >= 0.6 is 0 Å². The summed E-state index contributed by atoms with van der Waals surface area (Å²) >= 11 is 0. The third-order valence-corrected chi connectivity index (χ3v) is 6.04. The van der Waals surface area contributed by atoms with Crippen LogP contribution in [0.15, 0.2) is 95.9 Å². The molecule has 2 atom stereocenters. The molecule has 0 saturated heterocycles. The van der Waals surface area contributed by atoms with Crippen LogP contribution in [0.25, 0.3) is 0 Å². The lowest BCUT2D eigenvalue weighted by Crippen LogP contribution is -2.33. The quantitative estimate of drug-likeness (QED) is 0.656. The fraction of sp³-hybridized carbons (Fsp3) is 0.280. The summed E-state index contributed by atoms with van der Waals surface area (Å²) in [5, 5.41) is 0. The molecule has 1 heteroatoms. The SMILES string of the molecule is C1=CCCC(N(C2=CCC3C(=C2)Cc2ccccc23)C2C=CC=CC2)=C1. The number of allylic oxidation sites excluding steroid dienone is 9. The van der Waals surface area contributed by atoms with E-state index in [1.54, 1.807) is 11.1 Å². The maximum atomic E-state index is 2.59. The van der Waals surface area contributed by atoms with Crippen LogP contribution in [0.4, 0.5) is 0 Å². The van der Waals surface area contributed by atoms with Crippen molar-refractivity contribution < 1.29 is 0 Å². The van der Waals surface area contributed by atoms with Crippen LogP contribution in [0.5, 0.6) is 0 Å². The summed E-state index contributed by atoms with van der Waals surface area (Å²) in [5.74, 6) is 0.596. The molecular formula is C25H25N. The van der Waals surface area contributed by atoms with Gasteiger partial charge in [0, 0.05) is 17.3 Å². The van der Waals surface area contributed by atoms with Gasteiger partial charge in [0.05, 0.1) is 6.04 Å². The minimum absolute atomic E-state index is 0.432. The van der Waals surface area contributed by atoms with Gasteiger partial charge < -0.3 is 4.90 Å². The van der Waals surface area contributed by atoms with Gasteiger partial charge >= 0.3 is 0 Å². The summed E-state index contributed by atoms with van der Waals surface area (Å²) in [6.07, 6.45) is 26.4. The van der Waals surface area contributed by atoms with Gasteiger partial charge in [0.25, 0.3) is 0 Å². The van der Waals surface area contributed by atoms with Crippen molar-refractivity contribution in [2.75, 3.05) is 0 Å². The largest absolute Gasteiger partial charge is 0.338 e. The lowest BCUT2D eigenvalue weighted by Gasteiger charge is -2.37. The molecule has 4 aliphatic rings. The van der Waals surface area contributed by atoms with Crippen LogP contribution in [0.2, 0.25) is 0 Å². The Hall–Kier alpha value is -2.54. The third kappa shape index (κ3) is 2.72. The molecule has 2 unspecified atom stereocenters. The number of hydrogen-bond acceptors (Lipinski definition) is 1. The number of benzene rings is 1. The second-order valence-corrected chi connectivity index (χ2v) is 7.62. The van der Waals surface area contributed by atoms with Gasteiger partial charge in [-0.2, -0.15) is 0 Å². The van der Waals surface area contributed by atoms with Crippen molar-refractivity contribution in [1.29, 1.82) is 0 Å². The topological polar surface area (TPSA) is 3.24 Å². The molecule has 0 saturated carbocycles. The van der Waals surface area contributed by atoms with E-state index in [1.165, 1.54) is 17.0 Å². The highest BCUT2D eigenvalue weighted by molar-refractivity contribution is 5.50. The Kier molecular flexibility index (Phi) is 4.01. The summed E-state index contributed by atoms with van der Waals surface area (Å²) in [4.78, 5) is 2.59. The summed E-state index contributed by atoms with van der Waals surface area (Å²) in [7, 11) is 0. The molecule has 5 rings (SSSR count). The van der Waals surface area contributed by atoms with Gasteiger partial charge in [0.1, 0.15) is 0 Å². The summed E-state index contributed by atoms with van der Waals surface area (Å²) in [6, 6.07) is 9.41. The Balaban J connectivity index is 1.49. The molecule has 1 aromatic rings. The smallest absolute Gasteiger partial charge is 0.0556 e. The first-order chi connectivity index (χ1) is 12.9. The van der Waals surface area contributed by atoms with Crippen molar-refractivity contribution in [3.63, 3.8) is 0 Å². The Morgan fingerprint density at radius 2 is 1.92 bits per heavy atom. The molecule has 0 amide bonds. The van der Waals surface area contributed by atoms with Gasteiger partial charge in [-0.3, -0.25) is 0 Å². The van der Waals surface area contributed by atoms with Gasteiger partial charge in [-0.05, 0) is 55.4 Å². The maximum Gasteiger partial charge on any atom is 0.0556 e. The molecule has 0 aromatic heterocycles. The van der Waals surface area contributed by atoms with Crippen LogP contribution in [-0.4, -0.2) is 10.9 Å². The zero-order valence-corrected chi connectivity index (χ0v) is 15.1. The third-order valence-electron chi connectivity index (χ3n) is 6.04. The predicted octanol–water partition coefficient (Wildman–Crippen LogP) is 5.96. The van der Waals surface area contributed by atoms with Gasteiger partial charge in [-0.15, -0.1) is 0 Å². The second kappa shape index (κ2) is 6.64. The van der Waals surface area contributed by atoms with Gasteiger partial charge in [-0.25, -0.2) is 0 Å². The highest BCUT2D eigenvalue weighted by Crippen LogP contribution is 2.44. The lowest BCUT2D eigenvalue weighted by molar-refractivity contribution is 0.354. The van der Waals surface area contributed by atoms with Crippen LogP contribution in [0, 0.1) is 0 Å². The average Bonchev–Trinajstić information content (AvgIpc) is 3.08. The highest BCUT2D eigenvalue weighted by Gasteiger charge is 2.31. The fourth-order valence-corrected chi connectivity index (χ4v) is 4.78. The normalized spacial score (nSPS) is 25.9. The van der Waals surface area contributed by atoms with Crippen molar-refractivity contribution in [3.05, 3.63) is 107 Å². The Bertz CT molecular complexity index is 890. The van der Waals surface area contributed by atoms with E-state index >= 15 is 0 Å². The highest BCUT2D eigenvalue weighted by atomic mass is 15.2.